The van der Waals surface area contributed by atoms with E-state index in [9.17, 15) is 4.79 Å². The van der Waals surface area contributed by atoms with Gasteiger partial charge in [0.05, 0.1) is 6.42 Å². The normalized spacial score (nSPS) is 10.5. The third-order valence-electron chi connectivity index (χ3n) is 3.03. The van der Waals surface area contributed by atoms with Crippen molar-refractivity contribution >= 4 is 11.6 Å². The molecule has 1 amide bonds. The summed E-state index contributed by atoms with van der Waals surface area (Å²) in [5.74, 6) is 0.635. The molecule has 0 fully saturated rings. The molecule has 5 nitrogen and oxygen atoms in total. The van der Waals surface area contributed by atoms with Crippen LogP contribution >= 0.6 is 0 Å². The molecule has 0 aliphatic heterocycles. The average Bonchev–Trinajstić information content (AvgIpc) is 2.71. The number of carbonyl (C=O) groups is 1. The predicted molar refractivity (Wildman–Crippen MR) is 72.1 cm³/mol. The number of pyridine rings is 1. The number of amides is 1. The minimum atomic E-state index is -0.0138. The molecule has 0 aromatic carbocycles. The van der Waals surface area contributed by atoms with Crippen molar-refractivity contribution in [2.45, 2.75) is 27.2 Å². The van der Waals surface area contributed by atoms with Gasteiger partial charge in [-0.05, 0) is 32.4 Å². The van der Waals surface area contributed by atoms with Crippen LogP contribution in [0.4, 0.5) is 5.69 Å². The molecule has 0 aliphatic rings. The maximum atomic E-state index is 12.2. The van der Waals surface area contributed by atoms with Crippen molar-refractivity contribution in [1.29, 1.82) is 0 Å². The number of anilines is 1. The van der Waals surface area contributed by atoms with Gasteiger partial charge in [-0.2, -0.15) is 0 Å². The Hall–Kier alpha value is -2.17. The van der Waals surface area contributed by atoms with Crippen molar-refractivity contribution in [3.8, 4) is 0 Å². The summed E-state index contributed by atoms with van der Waals surface area (Å²) in [4.78, 5) is 18.0. The number of hydrogen-bond acceptors (Lipinski definition) is 4. The second-order valence-electron chi connectivity index (χ2n) is 4.61. The van der Waals surface area contributed by atoms with E-state index >= 15 is 0 Å². The lowest BCUT2D eigenvalue weighted by molar-refractivity contribution is -0.117. The van der Waals surface area contributed by atoms with E-state index < -0.39 is 0 Å². The topological polar surface area (TPSA) is 59.2 Å². The molecule has 2 rings (SSSR count). The molecule has 0 saturated carbocycles. The van der Waals surface area contributed by atoms with Crippen molar-refractivity contribution in [3.05, 3.63) is 41.0 Å². The Morgan fingerprint density at radius 2 is 2.05 bits per heavy atom. The number of rotatable bonds is 3. The molecule has 2 aromatic heterocycles. The molecule has 19 heavy (non-hydrogen) atoms. The molecule has 0 aliphatic carbocycles. The Kier molecular flexibility index (Phi) is 3.64. The molecule has 2 heterocycles. The Balaban J connectivity index is 2.14. The molecule has 0 N–H and O–H groups in total. The standard InChI is InChI=1S/C14H17N3O2/c1-9-5-6-12(8-15-9)7-13(18)17(4)14-10(2)16-19-11(14)3/h5-6,8H,7H2,1-4H3. The zero-order chi connectivity index (χ0) is 14.0. The van der Waals surface area contributed by atoms with Gasteiger partial charge in [0.2, 0.25) is 5.91 Å². The van der Waals surface area contributed by atoms with E-state index in [-0.39, 0.29) is 5.91 Å². The summed E-state index contributed by atoms with van der Waals surface area (Å²) in [5.41, 5.74) is 3.30. The second kappa shape index (κ2) is 5.22. The number of aryl methyl sites for hydroxylation is 3. The SMILES string of the molecule is Cc1ccc(CC(=O)N(C)c2c(C)noc2C)cn1. The highest BCUT2D eigenvalue weighted by Crippen LogP contribution is 2.23. The van der Waals surface area contributed by atoms with Gasteiger partial charge in [-0.3, -0.25) is 9.78 Å². The van der Waals surface area contributed by atoms with Gasteiger partial charge in [0.15, 0.2) is 5.76 Å². The molecule has 0 atom stereocenters. The molecular weight excluding hydrogens is 242 g/mol. The minimum Gasteiger partial charge on any atom is -0.359 e. The lowest BCUT2D eigenvalue weighted by Crippen LogP contribution is -2.28. The van der Waals surface area contributed by atoms with Gasteiger partial charge < -0.3 is 9.42 Å². The Labute approximate surface area is 112 Å². The first-order chi connectivity index (χ1) is 8.99. The van der Waals surface area contributed by atoms with E-state index in [0.29, 0.717) is 12.2 Å². The zero-order valence-electron chi connectivity index (χ0n) is 11.6. The summed E-state index contributed by atoms with van der Waals surface area (Å²) in [6, 6.07) is 3.82. The Bertz CT molecular complexity index is 568. The molecule has 0 spiro atoms. The van der Waals surface area contributed by atoms with Gasteiger partial charge in [-0.1, -0.05) is 11.2 Å². The first-order valence-corrected chi connectivity index (χ1v) is 6.10. The van der Waals surface area contributed by atoms with E-state index in [4.69, 9.17) is 4.52 Å². The molecule has 0 radical (unpaired) electrons. The molecular formula is C14H17N3O2. The van der Waals surface area contributed by atoms with Gasteiger partial charge in [0.1, 0.15) is 11.4 Å². The highest BCUT2D eigenvalue weighted by Gasteiger charge is 2.19. The lowest BCUT2D eigenvalue weighted by atomic mass is 10.1. The number of hydrogen-bond donors (Lipinski definition) is 0. The van der Waals surface area contributed by atoms with Gasteiger partial charge in [-0.25, -0.2) is 0 Å². The average molecular weight is 259 g/mol. The van der Waals surface area contributed by atoms with E-state index in [1.165, 1.54) is 0 Å². The van der Waals surface area contributed by atoms with Crippen LogP contribution < -0.4 is 4.90 Å². The zero-order valence-corrected chi connectivity index (χ0v) is 11.6. The highest BCUT2D eigenvalue weighted by molar-refractivity contribution is 5.95. The van der Waals surface area contributed by atoms with Crippen LogP contribution in [0.15, 0.2) is 22.9 Å². The quantitative estimate of drug-likeness (QED) is 0.847. The maximum absolute atomic E-state index is 12.2. The van der Waals surface area contributed by atoms with Crippen LogP contribution in [0, 0.1) is 20.8 Å². The van der Waals surface area contributed by atoms with E-state index in [1.807, 2.05) is 26.0 Å². The van der Waals surface area contributed by atoms with Gasteiger partial charge >= 0.3 is 0 Å². The second-order valence-corrected chi connectivity index (χ2v) is 4.61. The summed E-state index contributed by atoms with van der Waals surface area (Å²) in [5, 5.41) is 3.86. The first-order valence-electron chi connectivity index (χ1n) is 6.10. The summed E-state index contributed by atoms with van der Waals surface area (Å²) >= 11 is 0. The van der Waals surface area contributed by atoms with Crippen LogP contribution in [0.1, 0.15) is 22.7 Å². The molecule has 0 unspecified atom stereocenters. The van der Waals surface area contributed by atoms with E-state index in [1.54, 1.807) is 25.1 Å². The van der Waals surface area contributed by atoms with Crippen molar-refractivity contribution in [1.82, 2.24) is 10.1 Å². The van der Waals surface area contributed by atoms with Crippen molar-refractivity contribution in [2.24, 2.45) is 0 Å². The Morgan fingerprint density at radius 3 is 2.58 bits per heavy atom. The molecule has 100 valence electrons. The fourth-order valence-corrected chi connectivity index (χ4v) is 1.98. The fraction of sp³-hybridized carbons (Fsp3) is 0.357. The largest absolute Gasteiger partial charge is 0.359 e. The summed E-state index contributed by atoms with van der Waals surface area (Å²) in [7, 11) is 1.73. The highest BCUT2D eigenvalue weighted by atomic mass is 16.5. The van der Waals surface area contributed by atoms with Crippen molar-refractivity contribution in [2.75, 3.05) is 11.9 Å². The first kappa shape index (κ1) is 13.3. The third kappa shape index (κ3) is 2.81. The number of aromatic nitrogens is 2. The van der Waals surface area contributed by atoms with Crippen LogP contribution in [-0.4, -0.2) is 23.1 Å². The third-order valence-corrected chi connectivity index (χ3v) is 3.03. The summed E-state index contributed by atoms with van der Waals surface area (Å²) in [6.07, 6.45) is 2.04. The summed E-state index contributed by atoms with van der Waals surface area (Å²) < 4.78 is 5.08. The monoisotopic (exact) mass is 259 g/mol. The van der Waals surface area contributed by atoms with Gasteiger partial charge in [0, 0.05) is 18.9 Å². The van der Waals surface area contributed by atoms with Crippen LogP contribution in [0.5, 0.6) is 0 Å². The minimum absolute atomic E-state index is 0.0138. The van der Waals surface area contributed by atoms with Crippen molar-refractivity contribution in [3.63, 3.8) is 0 Å². The Morgan fingerprint density at radius 1 is 1.32 bits per heavy atom. The van der Waals surface area contributed by atoms with E-state index in [2.05, 4.69) is 10.1 Å². The molecule has 2 aromatic rings. The molecule has 5 heteroatoms. The van der Waals surface area contributed by atoms with Crippen LogP contribution in [0.3, 0.4) is 0 Å². The van der Waals surface area contributed by atoms with Crippen LogP contribution in [-0.2, 0) is 11.2 Å². The number of carbonyl (C=O) groups excluding carboxylic acids is 1. The number of nitrogens with zero attached hydrogens (tertiary/aromatic N) is 3. The predicted octanol–water partition coefficient (Wildman–Crippen LogP) is 2.20. The smallest absolute Gasteiger partial charge is 0.231 e. The maximum Gasteiger partial charge on any atom is 0.231 e. The lowest BCUT2D eigenvalue weighted by Gasteiger charge is -2.16. The van der Waals surface area contributed by atoms with Crippen molar-refractivity contribution < 1.29 is 9.32 Å². The molecule has 0 bridgehead atoms. The van der Waals surface area contributed by atoms with Gasteiger partial charge in [-0.15, -0.1) is 0 Å². The van der Waals surface area contributed by atoms with Crippen LogP contribution in [0.2, 0.25) is 0 Å². The fourth-order valence-electron chi connectivity index (χ4n) is 1.98. The molecule has 0 saturated heterocycles. The van der Waals surface area contributed by atoms with Gasteiger partial charge in [0.25, 0.3) is 0 Å². The van der Waals surface area contributed by atoms with E-state index in [0.717, 1.165) is 22.6 Å². The number of likely N-dealkylation sites (N-methyl/N-ethyl adjacent to an activating group) is 1. The van der Waals surface area contributed by atoms with Crippen LogP contribution in [0.25, 0.3) is 0 Å². The summed E-state index contributed by atoms with van der Waals surface area (Å²) in [6.45, 7) is 5.54.